The van der Waals surface area contributed by atoms with Crippen LogP contribution >= 0.6 is 15.9 Å². The highest BCUT2D eigenvalue weighted by Crippen LogP contribution is 2.48. The molecule has 3 aromatic heterocycles. The molecule has 3 nitrogen and oxygen atoms in total. The van der Waals surface area contributed by atoms with Crippen molar-refractivity contribution >= 4 is 103 Å². The van der Waals surface area contributed by atoms with Crippen molar-refractivity contribution in [3.05, 3.63) is 155 Å². The lowest BCUT2D eigenvalue weighted by Crippen LogP contribution is -2.05. The van der Waals surface area contributed by atoms with E-state index in [2.05, 4.69) is 69.0 Å². The summed E-state index contributed by atoms with van der Waals surface area (Å²) < 4.78 is 96.0. The van der Waals surface area contributed by atoms with Gasteiger partial charge in [-0.1, -0.05) is 72.8 Å². The number of hydrogen-bond acceptors (Lipinski definition) is 1. The molecule has 11 rings (SSSR count). The molecule has 0 unspecified atom stereocenters. The van der Waals surface area contributed by atoms with Crippen molar-refractivity contribution in [1.29, 1.82) is 0 Å². The average Bonchev–Trinajstić information content (AvgIpc) is 3.83. The van der Waals surface area contributed by atoms with E-state index in [1.54, 1.807) is 4.57 Å². The second-order valence-corrected chi connectivity index (χ2v) is 14.9. The zero-order valence-corrected chi connectivity index (χ0v) is 30.3. The molecule has 0 radical (unpaired) electrons. The van der Waals surface area contributed by atoms with Gasteiger partial charge in [0.05, 0.1) is 54.4 Å². The fourth-order valence-corrected chi connectivity index (χ4v) is 9.22. The Kier molecular flexibility index (Phi) is 6.74. The van der Waals surface area contributed by atoms with E-state index >= 15 is 0 Å². The molecule has 0 saturated carbocycles. The molecule has 0 aliphatic carbocycles. The van der Waals surface area contributed by atoms with Gasteiger partial charge in [-0.2, -0.15) is 26.3 Å². The second kappa shape index (κ2) is 11.4. The van der Waals surface area contributed by atoms with Crippen LogP contribution in [0.5, 0.6) is 0 Å². The average molecular weight is 814 g/mol. The fraction of sp³-hybridized carbons (Fsp3) is 0.0435. The number of hydrogen-bond donors (Lipinski definition) is 0. The summed E-state index contributed by atoms with van der Waals surface area (Å²) in [6.45, 7) is 0. The maximum absolute atomic E-state index is 14.2. The Balaban J connectivity index is 1.34. The summed E-state index contributed by atoms with van der Waals surface area (Å²) in [4.78, 5) is 0. The van der Waals surface area contributed by atoms with Gasteiger partial charge < -0.3 is 13.6 Å². The third kappa shape index (κ3) is 4.65. The van der Waals surface area contributed by atoms with Crippen molar-refractivity contribution < 1.29 is 30.8 Å². The highest BCUT2D eigenvalue weighted by Gasteiger charge is 2.34. The zero-order valence-electron chi connectivity index (χ0n) is 28.7. The number of alkyl halides is 6. The number of aromatic nitrogens is 2. The van der Waals surface area contributed by atoms with Crippen LogP contribution in [0.3, 0.4) is 0 Å². The summed E-state index contributed by atoms with van der Waals surface area (Å²) in [7, 11) is 0. The number of benzene rings is 8. The minimum absolute atomic E-state index is 0.0361. The van der Waals surface area contributed by atoms with E-state index in [9.17, 15) is 26.3 Å². The Bertz CT molecular complexity index is 3410. The zero-order chi connectivity index (χ0) is 38.2. The molecule has 0 atom stereocenters. The van der Waals surface area contributed by atoms with Gasteiger partial charge in [0, 0.05) is 33.0 Å². The summed E-state index contributed by atoms with van der Waals surface area (Å²) in [6, 6.07) is 40.6. The molecule has 0 aliphatic heterocycles. The van der Waals surface area contributed by atoms with Crippen LogP contribution in [-0.4, -0.2) is 9.13 Å². The Morgan fingerprint density at radius 3 is 1.66 bits per heavy atom. The maximum atomic E-state index is 14.2. The van der Waals surface area contributed by atoms with Crippen LogP contribution < -0.4 is 0 Å². The van der Waals surface area contributed by atoms with Crippen LogP contribution in [0, 0.1) is 0 Å². The predicted molar refractivity (Wildman–Crippen MR) is 215 cm³/mol. The third-order valence-corrected chi connectivity index (χ3v) is 11.7. The van der Waals surface area contributed by atoms with E-state index in [4.69, 9.17) is 4.42 Å². The molecule has 0 bridgehead atoms. The van der Waals surface area contributed by atoms with E-state index in [1.165, 1.54) is 12.1 Å². The summed E-state index contributed by atoms with van der Waals surface area (Å²) in [6.07, 6.45) is -9.44. The number of furan rings is 1. The Labute approximate surface area is 320 Å². The van der Waals surface area contributed by atoms with Gasteiger partial charge in [-0.3, -0.25) is 0 Å². The Morgan fingerprint density at radius 2 is 1.00 bits per heavy atom. The van der Waals surface area contributed by atoms with Crippen molar-refractivity contribution in [1.82, 2.24) is 9.13 Å². The second-order valence-electron chi connectivity index (χ2n) is 14.1. The van der Waals surface area contributed by atoms with Crippen molar-refractivity contribution in [2.75, 3.05) is 0 Å². The van der Waals surface area contributed by atoms with Crippen LogP contribution in [0.4, 0.5) is 26.3 Å². The van der Waals surface area contributed by atoms with E-state index in [1.807, 2.05) is 54.6 Å². The monoisotopic (exact) mass is 812 g/mol. The van der Waals surface area contributed by atoms with Gasteiger partial charge in [-0.05, 0) is 98.1 Å². The van der Waals surface area contributed by atoms with Gasteiger partial charge in [0.25, 0.3) is 0 Å². The molecule has 0 aliphatic rings. The predicted octanol–water partition coefficient (Wildman–Crippen LogP) is 14.9. The van der Waals surface area contributed by atoms with Gasteiger partial charge in [-0.15, -0.1) is 0 Å². The summed E-state index contributed by atoms with van der Waals surface area (Å²) >= 11 is 4.01. The summed E-state index contributed by atoms with van der Waals surface area (Å²) in [5.41, 5.74) is 2.75. The Morgan fingerprint density at radius 1 is 0.429 bits per heavy atom. The number of fused-ring (bicyclic) bond motifs is 12. The molecule has 272 valence electrons. The van der Waals surface area contributed by atoms with Crippen LogP contribution in [0.25, 0.3) is 98.5 Å². The van der Waals surface area contributed by atoms with E-state index in [-0.39, 0.29) is 10.8 Å². The van der Waals surface area contributed by atoms with Crippen LogP contribution in [0.2, 0.25) is 0 Å². The van der Waals surface area contributed by atoms with E-state index in [0.717, 1.165) is 73.0 Å². The first-order valence-corrected chi connectivity index (χ1v) is 18.5. The molecule has 0 amide bonds. The van der Waals surface area contributed by atoms with Crippen LogP contribution in [0.15, 0.2) is 148 Å². The lowest BCUT2D eigenvalue weighted by Gasteiger charge is -2.18. The molecule has 0 spiro atoms. The Hall–Kier alpha value is -6.26. The largest absolute Gasteiger partial charge is 0.456 e. The third-order valence-electron chi connectivity index (χ3n) is 11.0. The first kappa shape index (κ1) is 33.1. The van der Waals surface area contributed by atoms with Gasteiger partial charge in [-0.25, -0.2) is 0 Å². The molecule has 8 aromatic carbocycles. The van der Waals surface area contributed by atoms with Crippen molar-refractivity contribution in [3.8, 4) is 11.4 Å². The number of rotatable bonds is 2. The quantitative estimate of drug-likeness (QED) is 0.159. The molecule has 0 saturated heterocycles. The lowest BCUT2D eigenvalue weighted by atomic mass is 10.0. The molecular formula is C46H23BrF6N2O. The lowest BCUT2D eigenvalue weighted by molar-refractivity contribution is -0.138. The minimum Gasteiger partial charge on any atom is -0.456 e. The molecule has 56 heavy (non-hydrogen) atoms. The fourth-order valence-electron chi connectivity index (χ4n) is 8.55. The first-order chi connectivity index (χ1) is 27.0. The topological polar surface area (TPSA) is 23.0 Å². The normalized spacial score (nSPS) is 12.9. The smallest absolute Gasteiger partial charge is 0.416 e. The number of halogens is 7. The van der Waals surface area contributed by atoms with E-state index in [0.29, 0.717) is 43.4 Å². The van der Waals surface area contributed by atoms with Crippen molar-refractivity contribution in [2.24, 2.45) is 0 Å². The molecule has 11 aromatic rings. The number of nitrogens with zero attached hydrogens (tertiary/aromatic N) is 2. The van der Waals surface area contributed by atoms with Gasteiger partial charge in [0.2, 0.25) is 0 Å². The van der Waals surface area contributed by atoms with Crippen LogP contribution in [0.1, 0.15) is 11.1 Å². The number of para-hydroxylation sites is 1. The van der Waals surface area contributed by atoms with Gasteiger partial charge >= 0.3 is 12.4 Å². The molecule has 3 heterocycles. The molecule has 0 N–H and O–H groups in total. The van der Waals surface area contributed by atoms with Gasteiger partial charge in [0.1, 0.15) is 11.2 Å². The minimum atomic E-state index is -4.72. The summed E-state index contributed by atoms with van der Waals surface area (Å²) in [5, 5.41) is 7.74. The highest BCUT2D eigenvalue weighted by atomic mass is 79.9. The van der Waals surface area contributed by atoms with Crippen molar-refractivity contribution in [2.45, 2.75) is 12.4 Å². The first-order valence-electron chi connectivity index (χ1n) is 17.7. The van der Waals surface area contributed by atoms with Gasteiger partial charge in [0.15, 0.2) is 0 Å². The van der Waals surface area contributed by atoms with Crippen LogP contribution in [-0.2, 0) is 12.4 Å². The molecule has 10 heteroatoms. The van der Waals surface area contributed by atoms with Crippen molar-refractivity contribution in [3.63, 3.8) is 0 Å². The highest BCUT2D eigenvalue weighted by molar-refractivity contribution is 9.10. The standard InChI is InChI=1S/C46H23BrF6N2O/c47-43-38(54-36-16-13-24-7-3-4-10-29(24)41(36)33-19-25-8-1-2-9-26(25)20-37(33)54)23-40-42(30-11-5-6-12-39(30)56-40)44(43)55-34-17-14-27(45(48,49)50)21-31(34)32-22-28(46(51,52)53)15-18-35(32)55/h1-23H. The SMILES string of the molecule is FC(F)(F)c1ccc2c(c1)c1cc(C(F)(F)F)ccc1n2-c1c(Br)c(-n2c3cc4ccccc4cc3c3c4ccccc4ccc32)cc2oc3ccccc3c12. The maximum Gasteiger partial charge on any atom is 0.416 e. The molecule has 0 fully saturated rings. The molecular weight excluding hydrogens is 790 g/mol. The summed E-state index contributed by atoms with van der Waals surface area (Å²) in [5.74, 6) is 0. The van der Waals surface area contributed by atoms with E-state index < -0.39 is 23.5 Å².